The van der Waals surface area contributed by atoms with E-state index in [0.29, 0.717) is 36.5 Å². The lowest BCUT2D eigenvalue weighted by Crippen LogP contribution is -2.33. The van der Waals surface area contributed by atoms with E-state index in [9.17, 15) is 14.5 Å². The highest BCUT2D eigenvalue weighted by molar-refractivity contribution is 7.52. The second kappa shape index (κ2) is 12.4. The van der Waals surface area contributed by atoms with Crippen LogP contribution in [0.4, 0.5) is 5.95 Å². The number of hydrogen-bond donors (Lipinski definition) is 3. The number of allylic oxidation sites excluding steroid dienone is 1. The molecule has 39 heavy (non-hydrogen) atoms. The number of nitrogens with zero attached hydrogens (tertiary/aromatic N) is 4. The average Bonchev–Trinajstić information content (AvgIpc) is 3.54. The molecule has 4 atom stereocenters. The lowest BCUT2D eigenvalue weighted by molar-refractivity contribution is -0.138. The first-order chi connectivity index (χ1) is 18.7. The van der Waals surface area contributed by atoms with Crippen molar-refractivity contribution in [3.05, 3.63) is 42.7 Å². The van der Waals surface area contributed by atoms with Crippen molar-refractivity contribution in [1.82, 2.24) is 24.6 Å². The number of nitrogens with one attached hydrogen (secondary N) is 1. The van der Waals surface area contributed by atoms with E-state index in [-0.39, 0.29) is 36.1 Å². The topological polar surface area (TPSA) is 182 Å². The normalized spacial score (nSPS) is 19.1. The van der Waals surface area contributed by atoms with E-state index >= 15 is 0 Å². The number of anilines is 1. The summed E-state index contributed by atoms with van der Waals surface area (Å²) in [7, 11) is -1.07. The highest BCUT2D eigenvalue weighted by Gasteiger charge is 2.33. The molecule has 14 nitrogen and oxygen atoms in total. The zero-order valence-electron chi connectivity index (χ0n) is 21.7. The van der Waals surface area contributed by atoms with Crippen LogP contribution in [0.5, 0.6) is 17.4 Å². The summed E-state index contributed by atoms with van der Waals surface area (Å²) in [4.78, 5) is 24.2. The summed E-state index contributed by atoms with van der Waals surface area (Å²) >= 11 is 0. The number of benzene rings is 1. The van der Waals surface area contributed by atoms with Crippen LogP contribution in [0.2, 0.25) is 0 Å². The Kier molecular flexibility index (Phi) is 9.02. The predicted molar refractivity (Wildman–Crippen MR) is 141 cm³/mol. The van der Waals surface area contributed by atoms with Gasteiger partial charge in [-0.3, -0.25) is 9.32 Å². The number of carboxylic acid groups (broad SMARTS) is 1. The second-order valence-corrected chi connectivity index (χ2v) is 10.4. The smallest absolute Gasteiger partial charge is 0.459 e. The Morgan fingerprint density at radius 3 is 2.79 bits per heavy atom. The summed E-state index contributed by atoms with van der Waals surface area (Å²) < 4.78 is 42.7. The molecule has 0 saturated carbocycles. The molecule has 1 aromatic carbocycles. The molecule has 0 bridgehead atoms. The molecule has 210 valence electrons. The molecule has 2 aromatic heterocycles. The summed E-state index contributed by atoms with van der Waals surface area (Å²) in [6, 6.07) is 5.16. The van der Waals surface area contributed by atoms with Crippen molar-refractivity contribution in [1.29, 1.82) is 0 Å². The van der Waals surface area contributed by atoms with Crippen molar-refractivity contribution in [2.45, 2.75) is 25.4 Å². The molecule has 0 radical (unpaired) electrons. The van der Waals surface area contributed by atoms with E-state index in [0.717, 1.165) is 0 Å². The van der Waals surface area contributed by atoms with E-state index < -0.39 is 19.8 Å². The lowest BCUT2D eigenvalue weighted by Gasteiger charge is -2.23. The van der Waals surface area contributed by atoms with Gasteiger partial charge in [0.15, 0.2) is 11.2 Å². The molecular formula is C24H31N6O8P. The Morgan fingerprint density at radius 1 is 1.26 bits per heavy atom. The van der Waals surface area contributed by atoms with E-state index in [4.69, 9.17) is 29.0 Å². The van der Waals surface area contributed by atoms with Crippen molar-refractivity contribution in [3.63, 3.8) is 0 Å². The van der Waals surface area contributed by atoms with E-state index in [1.807, 2.05) is 16.7 Å². The zero-order chi connectivity index (χ0) is 28.0. The van der Waals surface area contributed by atoms with Crippen molar-refractivity contribution in [3.8, 4) is 17.4 Å². The van der Waals surface area contributed by atoms with Crippen LogP contribution in [0.1, 0.15) is 19.4 Å². The molecule has 3 aromatic rings. The first kappa shape index (κ1) is 28.3. The van der Waals surface area contributed by atoms with Gasteiger partial charge in [-0.25, -0.2) is 9.55 Å². The molecule has 0 aliphatic heterocycles. The number of carboxylic acids is 1. The number of rotatable bonds is 14. The third-order valence-electron chi connectivity index (χ3n) is 5.88. The summed E-state index contributed by atoms with van der Waals surface area (Å²) in [6.07, 6.45) is 6.09. The third kappa shape index (κ3) is 7.03. The zero-order valence-corrected chi connectivity index (χ0v) is 22.6. The van der Waals surface area contributed by atoms with Gasteiger partial charge in [0.2, 0.25) is 11.8 Å². The molecule has 1 aliphatic rings. The van der Waals surface area contributed by atoms with Gasteiger partial charge in [0.25, 0.3) is 0 Å². The molecule has 0 fully saturated rings. The van der Waals surface area contributed by atoms with Crippen molar-refractivity contribution >= 4 is 30.8 Å². The molecule has 2 heterocycles. The van der Waals surface area contributed by atoms with Crippen molar-refractivity contribution in [2.75, 3.05) is 39.8 Å². The highest BCUT2D eigenvalue weighted by Crippen LogP contribution is 2.46. The van der Waals surface area contributed by atoms with Crippen LogP contribution in [0.3, 0.4) is 0 Å². The van der Waals surface area contributed by atoms with Crippen molar-refractivity contribution < 1.29 is 37.7 Å². The second-order valence-electron chi connectivity index (χ2n) is 8.75. The van der Waals surface area contributed by atoms with Gasteiger partial charge >= 0.3 is 13.7 Å². The van der Waals surface area contributed by atoms with Gasteiger partial charge in [0.05, 0.1) is 32.7 Å². The number of fused-ring (bicyclic) bond motifs is 1. The molecule has 1 aliphatic carbocycles. The van der Waals surface area contributed by atoms with E-state index in [1.165, 1.54) is 20.1 Å². The maximum Gasteiger partial charge on any atom is 0.459 e. The van der Waals surface area contributed by atoms with Gasteiger partial charge in [-0.15, -0.1) is 0 Å². The van der Waals surface area contributed by atoms with Crippen molar-refractivity contribution in [2.24, 2.45) is 5.92 Å². The van der Waals surface area contributed by atoms with Gasteiger partial charge in [0.1, 0.15) is 24.1 Å². The number of nitrogen functional groups attached to an aromatic ring is 1. The largest absolute Gasteiger partial charge is 0.491 e. The Balaban J connectivity index is 1.45. The average molecular weight is 563 g/mol. The number of methoxy groups -OCH3 is 2. The minimum Gasteiger partial charge on any atom is -0.491 e. The van der Waals surface area contributed by atoms with Crippen LogP contribution in [-0.4, -0.2) is 70.7 Å². The Hall–Kier alpha value is -3.71. The van der Waals surface area contributed by atoms with Crippen LogP contribution in [0.25, 0.3) is 11.2 Å². The molecule has 0 spiro atoms. The maximum absolute atomic E-state index is 13.7. The molecular weight excluding hydrogens is 531 g/mol. The molecule has 4 rings (SSSR count). The Morgan fingerprint density at radius 2 is 2.05 bits per heavy atom. The Bertz CT molecular complexity index is 1380. The number of imidazole rings is 1. The fourth-order valence-electron chi connectivity index (χ4n) is 3.95. The van der Waals surface area contributed by atoms with Gasteiger partial charge in [-0.2, -0.15) is 15.1 Å². The standard InChI is InChI=1S/C24H31N6O8P/c1-15(23(31)32)29-39(33,38-19-6-4-5-18(12-19)36-10-9-34-2)37-13-16-7-8-17(11-16)30-14-26-20-21(30)27-24(25)28-22(20)35-3/h4-8,12,14-17H,9-11,13H2,1-3H3,(H,29,33)(H,31,32)(H2,25,27,28)/t15-,16+,17-,39?/m0/s1. The van der Waals surface area contributed by atoms with Gasteiger partial charge in [-0.1, -0.05) is 18.2 Å². The van der Waals surface area contributed by atoms with Gasteiger partial charge < -0.3 is 34.1 Å². The monoisotopic (exact) mass is 562 g/mol. The van der Waals surface area contributed by atoms with Crippen LogP contribution in [0.15, 0.2) is 42.7 Å². The lowest BCUT2D eigenvalue weighted by atomic mass is 10.1. The third-order valence-corrected chi connectivity index (χ3v) is 7.52. The number of nitrogens with two attached hydrogens (primary N) is 1. The number of aromatic nitrogens is 4. The SMILES string of the molecule is COCCOc1cccc(OP(=O)(N[C@@H](C)C(=O)O)OC[C@@H]2C=C[C@H](n3cnc4c(OC)nc(N)nc43)C2)c1. The van der Waals surface area contributed by atoms with E-state index in [1.54, 1.807) is 31.6 Å². The minimum atomic E-state index is -4.11. The van der Waals surface area contributed by atoms with Crippen LogP contribution < -0.4 is 24.8 Å². The Labute approximate surface area is 224 Å². The number of aliphatic carboxylic acids is 1. The predicted octanol–water partition coefficient (Wildman–Crippen LogP) is 2.83. The minimum absolute atomic E-state index is 0.000714. The molecule has 0 amide bonds. The summed E-state index contributed by atoms with van der Waals surface area (Å²) in [5.74, 6) is -0.359. The van der Waals surface area contributed by atoms with Gasteiger partial charge in [-0.05, 0) is 25.5 Å². The van der Waals surface area contributed by atoms with Crippen LogP contribution in [0, 0.1) is 5.92 Å². The number of hydrogen-bond acceptors (Lipinski definition) is 11. The molecule has 1 unspecified atom stereocenters. The molecule has 15 heteroatoms. The summed E-state index contributed by atoms with van der Waals surface area (Å²) in [6.45, 7) is 2.06. The van der Waals surface area contributed by atoms with E-state index in [2.05, 4.69) is 20.0 Å². The number of ether oxygens (including phenoxy) is 3. The summed E-state index contributed by atoms with van der Waals surface area (Å²) in [5.41, 5.74) is 6.83. The molecule has 0 saturated heterocycles. The quantitative estimate of drug-likeness (QED) is 0.148. The fourth-order valence-corrected chi connectivity index (χ4v) is 5.50. The maximum atomic E-state index is 13.7. The van der Waals surface area contributed by atoms with Gasteiger partial charge in [0, 0.05) is 19.1 Å². The first-order valence-electron chi connectivity index (χ1n) is 12.1. The summed E-state index contributed by atoms with van der Waals surface area (Å²) in [5, 5.41) is 11.9. The van der Waals surface area contributed by atoms with Crippen LogP contribution in [-0.2, 0) is 18.6 Å². The fraction of sp³-hybridized carbons (Fsp3) is 0.417. The first-order valence-corrected chi connectivity index (χ1v) is 13.6. The highest BCUT2D eigenvalue weighted by atomic mass is 31.2. The van der Waals surface area contributed by atoms with Crippen LogP contribution >= 0.6 is 7.75 Å². The number of carbonyl (C=O) groups is 1. The molecule has 4 N–H and O–H groups in total.